The smallest absolute Gasteiger partial charge is 0.322 e. The lowest BCUT2D eigenvalue weighted by atomic mass is 10.0. The number of carbonyl (C=O) groups excluding carboxylic acids is 2. The van der Waals surface area contributed by atoms with Crippen LogP contribution in [0.15, 0.2) is 55.3 Å². The quantitative estimate of drug-likeness (QED) is 0.554. The lowest BCUT2D eigenvalue weighted by Crippen LogP contribution is -2.45. The fourth-order valence-electron chi connectivity index (χ4n) is 3.34. The van der Waals surface area contributed by atoms with Gasteiger partial charge in [0.2, 0.25) is 5.91 Å². The van der Waals surface area contributed by atoms with E-state index in [1.54, 1.807) is 6.08 Å². The number of aromatic nitrogens is 1. The van der Waals surface area contributed by atoms with Crippen LogP contribution in [-0.4, -0.2) is 45.9 Å². The number of amides is 3. The molecule has 0 bridgehead atoms. The highest BCUT2D eigenvalue weighted by molar-refractivity contribution is 5.92. The molecule has 0 atom stereocenters. The standard InChI is InChI=1S/C25H36N4O2/c1-7-14-28(25(31)26-22-12-10-21(11-13-22)20(4)5)18-24(30)29(16-19(2)3)17-23-9-8-15-27(23)6/h7-13,15,19-20H,1,14,16-18H2,2-6H3,(H,26,31). The van der Waals surface area contributed by atoms with Gasteiger partial charge in [0.1, 0.15) is 6.54 Å². The van der Waals surface area contributed by atoms with E-state index >= 15 is 0 Å². The average molecular weight is 425 g/mol. The summed E-state index contributed by atoms with van der Waals surface area (Å²) in [4.78, 5) is 29.3. The minimum absolute atomic E-state index is 0.000919. The molecular formula is C25H36N4O2. The third-order valence-electron chi connectivity index (χ3n) is 5.13. The van der Waals surface area contributed by atoms with Gasteiger partial charge >= 0.3 is 6.03 Å². The summed E-state index contributed by atoms with van der Waals surface area (Å²) in [5.74, 6) is 0.670. The molecule has 1 N–H and O–H groups in total. The number of aryl methyl sites for hydroxylation is 1. The fraction of sp³-hybridized carbons (Fsp3) is 0.440. The Morgan fingerprint density at radius 1 is 1.10 bits per heavy atom. The average Bonchev–Trinajstić information content (AvgIpc) is 3.11. The van der Waals surface area contributed by atoms with Crippen LogP contribution in [0.25, 0.3) is 0 Å². The zero-order valence-electron chi connectivity index (χ0n) is 19.5. The Morgan fingerprint density at radius 2 is 1.77 bits per heavy atom. The first-order chi connectivity index (χ1) is 14.7. The largest absolute Gasteiger partial charge is 0.353 e. The number of benzene rings is 1. The van der Waals surface area contributed by atoms with Gasteiger partial charge in [-0.3, -0.25) is 4.79 Å². The maximum Gasteiger partial charge on any atom is 0.322 e. The van der Waals surface area contributed by atoms with E-state index in [1.807, 2.05) is 59.1 Å². The minimum atomic E-state index is -0.311. The van der Waals surface area contributed by atoms with Gasteiger partial charge < -0.3 is 19.7 Å². The molecule has 0 aliphatic heterocycles. The third kappa shape index (κ3) is 7.31. The van der Waals surface area contributed by atoms with Gasteiger partial charge in [0.15, 0.2) is 0 Å². The second-order valence-corrected chi connectivity index (χ2v) is 8.65. The molecule has 0 saturated carbocycles. The van der Waals surface area contributed by atoms with E-state index in [4.69, 9.17) is 0 Å². The van der Waals surface area contributed by atoms with Crippen molar-refractivity contribution in [3.05, 3.63) is 66.5 Å². The second-order valence-electron chi connectivity index (χ2n) is 8.65. The highest BCUT2D eigenvalue weighted by Crippen LogP contribution is 2.17. The topological polar surface area (TPSA) is 57.6 Å². The van der Waals surface area contributed by atoms with Crippen LogP contribution in [0.1, 0.15) is 44.9 Å². The Labute approximate surface area is 186 Å². The highest BCUT2D eigenvalue weighted by atomic mass is 16.2. The maximum atomic E-state index is 13.1. The summed E-state index contributed by atoms with van der Waals surface area (Å²) in [6.45, 7) is 13.6. The predicted molar refractivity (Wildman–Crippen MR) is 127 cm³/mol. The summed E-state index contributed by atoms with van der Waals surface area (Å²) in [5, 5.41) is 2.90. The fourth-order valence-corrected chi connectivity index (χ4v) is 3.34. The van der Waals surface area contributed by atoms with E-state index in [2.05, 4.69) is 39.6 Å². The summed E-state index contributed by atoms with van der Waals surface area (Å²) in [7, 11) is 1.97. The Morgan fingerprint density at radius 3 is 2.29 bits per heavy atom. The normalized spacial score (nSPS) is 10.9. The van der Waals surface area contributed by atoms with E-state index in [0.29, 0.717) is 37.2 Å². The summed E-state index contributed by atoms with van der Waals surface area (Å²) in [5.41, 5.74) is 2.97. The Bertz CT molecular complexity index is 868. The molecule has 3 amide bonds. The van der Waals surface area contributed by atoms with Crippen molar-refractivity contribution in [2.75, 3.05) is 25.0 Å². The summed E-state index contributed by atoms with van der Waals surface area (Å²) in [6, 6.07) is 11.5. The van der Waals surface area contributed by atoms with E-state index < -0.39 is 0 Å². The monoisotopic (exact) mass is 424 g/mol. The number of nitrogens with one attached hydrogen (secondary N) is 1. The van der Waals surface area contributed by atoms with Gasteiger partial charge in [0.05, 0.1) is 6.54 Å². The van der Waals surface area contributed by atoms with Crippen LogP contribution in [0.5, 0.6) is 0 Å². The first kappa shape index (κ1) is 24.3. The van der Waals surface area contributed by atoms with E-state index in [9.17, 15) is 9.59 Å². The van der Waals surface area contributed by atoms with Gasteiger partial charge in [-0.2, -0.15) is 0 Å². The molecular weight excluding hydrogens is 388 g/mol. The number of hydrogen-bond donors (Lipinski definition) is 1. The first-order valence-corrected chi connectivity index (χ1v) is 10.9. The number of nitrogens with zero attached hydrogens (tertiary/aromatic N) is 3. The van der Waals surface area contributed by atoms with Crippen molar-refractivity contribution in [1.29, 1.82) is 0 Å². The molecule has 0 unspecified atom stereocenters. The molecule has 0 saturated heterocycles. The van der Waals surface area contributed by atoms with Crippen LogP contribution in [0.4, 0.5) is 10.5 Å². The number of urea groups is 1. The summed E-state index contributed by atoms with van der Waals surface area (Å²) < 4.78 is 2.01. The van der Waals surface area contributed by atoms with Crippen LogP contribution in [0, 0.1) is 5.92 Å². The molecule has 1 heterocycles. The van der Waals surface area contributed by atoms with Gasteiger partial charge in [-0.05, 0) is 41.7 Å². The number of anilines is 1. The molecule has 0 radical (unpaired) electrons. The lowest BCUT2D eigenvalue weighted by Gasteiger charge is -2.28. The van der Waals surface area contributed by atoms with Gasteiger partial charge in [-0.25, -0.2) is 4.79 Å². The van der Waals surface area contributed by atoms with E-state index in [1.165, 1.54) is 10.5 Å². The van der Waals surface area contributed by atoms with Gasteiger partial charge in [0, 0.05) is 37.7 Å². The van der Waals surface area contributed by atoms with Crippen LogP contribution in [0.3, 0.4) is 0 Å². The molecule has 0 fully saturated rings. The van der Waals surface area contributed by atoms with Crippen molar-refractivity contribution < 1.29 is 9.59 Å². The summed E-state index contributed by atoms with van der Waals surface area (Å²) in [6.07, 6.45) is 3.61. The van der Waals surface area contributed by atoms with Crippen molar-refractivity contribution in [2.24, 2.45) is 13.0 Å². The van der Waals surface area contributed by atoms with Crippen LogP contribution in [0.2, 0.25) is 0 Å². The molecule has 31 heavy (non-hydrogen) atoms. The van der Waals surface area contributed by atoms with Crippen molar-refractivity contribution in [1.82, 2.24) is 14.4 Å². The third-order valence-corrected chi connectivity index (χ3v) is 5.13. The Balaban J connectivity index is 2.09. The van der Waals surface area contributed by atoms with Gasteiger partial charge in [-0.1, -0.05) is 45.9 Å². The summed E-state index contributed by atoms with van der Waals surface area (Å²) >= 11 is 0. The van der Waals surface area contributed by atoms with Crippen molar-refractivity contribution in [2.45, 2.75) is 40.2 Å². The van der Waals surface area contributed by atoms with Gasteiger partial charge in [-0.15, -0.1) is 6.58 Å². The Hall–Kier alpha value is -3.02. The number of rotatable bonds is 10. The molecule has 1 aromatic heterocycles. The molecule has 0 aliphatic rings. The molecule has 0 aliphatic carbocycles. The molecule has 168 valence electrons. The van der Waals surface area contributed by atoms with Gasteiger partial charge in [0.25, 0.3) is 0 Å². The Kier molecular flexibility index (Phi) is 8.91. The maximum absolute atomic E-state index is 13.1. The molecule has 1 aromatic carbocycles. The predicted octanol–water partition coefficient (Wildman–Crippen LogP) is 4.85. The molecule has 6 heteroatoms. The minimum Gasteiger partial charge on any atom is -0.353 e. The van der Waals surface area contributed by atoms with Crippen LogP contribution < -0.4 is 5.32 Å². The second kappa shape index (κ2) is 11.4. The van der Waals surface area contributed by atoms with Crippen LogP contribution in [-0.2, 0) is 18.4 Å². The molecule has 0 spiro atoms. The first-order valence-electron chi connectivity index (χ1n) is 10.9. The number of carbonyl (C=O) groups is 2. The van der Waals surface area contributed by atoms with Crippen molar-refractivity contribution in [3.63, 3.8) is 0 Å². The van der Waals surface area contributed by atoms with E-state index in [-0.39, 0.29) is 18.5 Å². The zero-order chi connectivity index (χ0) is 23.0. The van der Waals surface area contributed by atoms with E-state index in [0.717, 1.165) is 5.69 Å². The number of hydrogen-bond acceptors (Lipinski definition) is 2. The molecule has 6 nitrogen and oxygen atoms in total. The SMILES string of the molecule is C=CCN(CC(=O)N(Cc1cccn1C)CC(C)C)C(=O)Nc1ccc(C(C)C)cc1. The molecule has 2 aromatic rings. The zero-order valence-corrected chi connectivity index (χ0v) is 19.5. The molecule has 2 rings (SSSR count). The lowest BCUT2D eigenvalue weighted by molar-refractivity contribution is -0.132. The van der Waals surface area contributed by atoms with Crippen molar-refractivity contribution in [3.8, 4) is 0 Å². The van der Waals surface area contributed by atoms with Crippen LogP contribution >= 0.6 is 0 Å². The highest BCUT2D eigenvalue weighted by Gasteiger charge is 2.22. The van der Waals surface area contributed by atoms with Crippen molar-refractivity contribution >= 4 is 17.6 Å².